The molecule has 5 nitrogen and oxygen atoms in total. The highest BCUT2D eigenvalue weighted by Gasteiger charge is 2.60. The summed E-state index contributed by atoms with van der Waals surface area (Å²) in [7, 11) is 0. The fourth-order valence-corrected chi connectivity index (χ4v) is 2.45. The van der Waals surface area contributed by atoms with E-state index in [2.05, 4.69) is 27.3 Å². The van der Waals surface area contributed by atoms with Gasteiger partial charge in [-0.05, 0) is 0 Å². The molecule has 1 N–H and O–H groups in total. The maximum Gasteiger partial charge on any atom is 0.573 e. The van der Waals surface area contributed by atoms with Gasteiger partial charge in [-0.1, -0.05) is 24.4 Å². The van der Waals surface area contributed by atoms with Crippen molar-refractivity contribution in [2.45, 2.75) is 18.5 Å². The first-order valence-electron chi connectivity index (χ1n) is 6.71. The van der Waals surface area contributed by atoms with Crippen LogP contribution in [0, 0.1) is 0 Å². The highest BCUT2D eigenvalue weighted by molar-refractivity contribution is 7.81. The first-order valence-corrected chi connectivity index (χ1v) is 7.53. The molecule has 0 saturated heterocycles. The van der Waals surface area contributed by atoms with Crippen LogP contribution >= 0.6 is 24.4 Å². The fraction of sp³-hybridized carbons (Fsp3) is 0.231. The molecule has 1 aromatic heterocycles. The summed E-state index contributed by atoms with van der Waals surface area (Å²) < 4.78 is 107. The van der Waals surface area contributed by atoms with Crippen molar-refractivity contribution in [1.82, 2.24) is 9.55 Å². The van der Waals surface area contributed by atoms with Gasteiger partial charge in [0.2, 0.25) is 0 Å². The van der Waals surface area contributed by atoms with E-state index in [-0.39, 0.29) is 11.8 Å². The molecule has 0 aliphatic carbocycles. The van der Waals surface area contributed by atoms with Crippen LogP contribution in [0.4, 0.5) is 40.8 Å². The van der Waals surface area contributed by atoms with Gasteiger partial charge in [0.1, 0.15) is 17.8 Å². The number of nitrogens with one attached hydrogen (secondary N) is 1. The predicted octanol–water partition coefficient (Wildman–Crippen LogP) is 4.70. The third-order valence-corrected chi connectivity index (χ3v) is 3.65. The zero-order valence-electron chi connectivity index (χ0n) is 12.9. The van der Waals surface area contributed by atoms with E-state index in [0.29, 0.717) is 23.0 Å². The van der Waals surface area contributed by atoms with Gasteiger partial charge in [-0.25, -0.2) is 4.98 Å². The molecule has 2 aromatic rings. The molecule has 154 valence electrons. The first kappa shape index (κ1) is 22.1. The summed E-state index contributed by atoms with van der Waals surface area (Å²) in [5.74, 6) is -6.21. The van der Waals surface area contributed by atoms with Gasteiger partial charge in [-0.2, -0.15) is 22.0 Å². The number of rotatable bonds is 4. The molecular formula is C13H6ClF8N3O2S. The summed E-state index contributed by atoms with van der Waals surface area (Å²) >= 11 is 9.44. The molecule has 1 heterocycles. The Morgan fingerprint density at radius 1 is 1.07 bits per heavy atom. The van der Waals surface area contributed by atoms with Gasteiger partial charge < -0.3 is 9.46 Å². The molecule has 2 rings (SSSR count). The Balaban J connectivity index is 2.58. The summed E-state index contributed by atoms with van der Waals surface area (Å²) in [6, 6.07) is 1.28. The molecule has 0 spiro atoms. The van der Waals surface area contributed by atoms with Gasteiger partial charge in [-0.3, -0.25) is 9.36 Å². The number of hydrogen-bond acceptors (Lipinski definition) is 5. The van der Waals surface area contributed by atoms with Crippen LogP contribution in [0.3, 0.4) is 0 Å². The van der Waals surface area contributed by atoms with Crippen molar-refractivity contribution in [2.24, 2.45) is 0 Å². The Labute approximate surface area is 160 Å². The molecule has 0 saturated carbocycles. The van der Waals surface area contributed by atoms with Crippen molar-refractivity contribution in [3.63, 3.8) is 0 Å². The van der Waals surface area contributed by atoms with Gasteiger partial charge >= 0.3 is 18.5 Å². The lowest BCUT2D eigenvalue weighted by molar-refractivity contribution is -0.291. The summed E-state index contributed by atoms with van der Waals surface area (Å²) in [4.78, 5) is 15.0. The molecule has 0 unspecified atom stereocenters. The number of halogens is 9. The van der Waals surface area contributed by atoms with E-state index in [0.717, 1.165) is 0 Å². The SMILES string of the molecule is O=c1cc(C(F)(F)C(F)(F)F)ncn1-c1c(Cl)cc(OC(F)(F)F)cc1NS. The number of hydrogen-bond donors (Lipinski definition) is 2. The second kappa shape index (κ2) is 7.31. The van der Waals surface area contributed by atoms with Gasteiger partial charge in [0.05, 0.1) is 16.4 Å². The lowest BCUT2D eigenvalue weighted by atomic mass is 10.2. The Morgan fingerprint density at radius 3 is 2.14 bits per heavy atom. The molecule has 0 atom stereocenters. The molecule has 0 fully saturated rings. The van der Waals surface area contributed by atoms with Gasteiger partial charge in [0, 0.05) is 18.2 Å². The summed E-state index contributed by atoms with van der Waals surface area (Å²) in [5.41, 5.74) is -4.04. The monoisotopic (exact) mass is 455 g/mol. The lowest BCUT2D eigenvalue weighted by Gasteiger charge is -2.20. The highest BCUT2D eigenvalue weighted by Crippen LogP contribution is 2.42. The standard InChI is InChI=1S/C13H6ClF8N3O2S/c14-6-1-5(27-13(20,21)22)2-7(24-28)10(6)25-4-23-8(3-9(25)26)11(15,16)12(17,18)19/h1-4,24,28H. The van der Waals surface area contributed by atoms with E-state index < -0.39 is 46.2 Å². The van der Waals surface area contributed by atoms with E-state index in [1.807, 2.05) is 0 Å². The van der Waals surface area contributed by atoms with Crippen molar-refractivity contribution < 1.29 is 39.9 Å². The Bertz CT molecular complexity index is 945. The van der Waals surface area contributed by atoms with E-state index in [9.17, 15) is 39.9 Å². The van der Waals surface area contributed by atoms with Gasteiger partial charge in [0.25, 0.3) is 5.56 Å². The number of aromatic nitrogens is 2. The lowest BCUT2D eigenvalue weighted by Crippen LogP contribution is -2.36. The summed E-state index contributed by atoms with van der Waals surface area (Å²) in [6.07, 6.45) is -10.7. The first-order chi connectivity index (χ1) is 12.7. The number of anilines is 1. The maximum absolute atomic E-state index is 13.3. The van der Waals surface area contributed by atoms with Crippen molar-refractivity contribution >= 4 is 30.1 Å². The average molecular weight is 456 g/mol. The van der Waals surface area contributed by atoms with Crippen LogP contribution in [-0.2, 0) is 5.92 Å². The summed E-state index contributed by atoms with van der Waals surface area (Å²) in [5, 5.41) is -0.544. The van der Waals surface area contributed by atoms with E-state index in [4.69, 9.17) is 11.6 Å². The summed E-state index contributed by atoms with van der Waals surface area (Å²) in [6.45, 7) is 0. The molecule has 0 bridgehead atoms. The molecule has 1 aromatic carbocycles. The van der Waals surface area contributed by atoms with Crippen LogP contribution in [0.5, 0.6) is 5.75 Å². The van der Waals surface area contributed by atoms with Crippen molar-refractivity contribution in [1.29, 1.82) is 0 Å². The topological polar surface area (TPSA) is 56.2 Å². The second-order valence-corrected chi connectivity index (χ2v) is 5.65. The number of nitrogens with zero attached hydrogens (tertiary/aromatic N) is 2. The smallest absolute Gasteiger partial charge is 0.406 e. The Hall–Kier alpha value is -2.22. The van der Waals surface area contributed by atoms with Crippen molar-refractivity contribution in [3.05, 3.63) is 45.6 Å². The Kier molecular flexibility index (Phi) is 5.76. The van der Waals surface area contributed by atoms with Gasteiger partial charge in [-0.15, -0.1) is 13.2 Å². The van der Waals surface area contributed by atoms with Crippen LogP contribution in [0.15, 0.2) is 29.3 Å². The minimum Gasteiger partial charge on any atom is -0.406 e. The van der Waals surface area contributed by atoms with Crippen LogP contribution in [0.1, 0.15) is 5.69 Å². The predicted molar refractivity (Wildman–Crippen MR) is 84.1 cm³/mol. The minimum atomic E-state index is -6.00. The van der Waals surface area contributed by atoms with Crippen molar-refractivity contribution in [2.75, 3.05) is 4.72 Å². The molecule has 15 heteroatoms. The van der Waals surface area contributed by atoms with E-state index in [1.165, 1.54) is 0 Å². The molecular weight excluding hydrogens is 450 g/mol. The third-order valence-electron chi connectivity index (χ3n) is 3.12. The highest BCUT2D eigenvalue weighted by atomic mass is 35.5. The molecule has 0 radical (unpaired) electrons. The number of benzene rings is 1. The van der Waals surface area contributed by atoms with Crippen LogP contribution < -0.4 is 15.0 Å². The fourth-order valence-electron chi connectivity index (χ4n) is 1.98. The minimum absolute atomic E-state index is 0.0771. The maximum atomic E-state index is 13.3. The van der Waals surface area contributed by atoms with E-state index >= 15 is 0 Å². The number of ether oxygens (including phenoxy) is 1. The van der Waals surface area contributed by atoms with Crippen LogP contribution in [0.25, 0.3) is 5.69 Å². The Morgan fingerprint density at radius 2 is 1.68 bits per heavy atom. The second-order valence-electron chi connectivity index (χ2n) is 5.02. The quantitative estimate of drug-likeness (QED) is 0.518. The van der Waals surface area contributed by atoms with Crippen molar-refractivity contribution in [3.8, 4) is 11.4 Å². The molecule has 28 heavy (non-hydrogen) atoms. The molecule has 0 aliphatic heterocycles. The number of alkyl halides is 8. The zero-order chi connectivity index (χ0) is 21.5. The largest absolute Gasteiger partial charge is 0.573 e. The number of thiol groups is 1. The van der Waals surface area contributed by atoms with E-state index in [1.54, 1.807) is 0 Å². The molecule has 0 aliphatic rings. The van der Waals surface area contributed by atoms with Crippen LogP contribution in [-0.4, -0.2) is 22.1 Å². The third kappa shape index (κ3) is 4.43. The zero-order valence-corrected chi connectivity index (χ0v) is 14.5. The normalized spacial score (nSPS) is 12.8. The molecule has 0 amide bonds. The van der Waals surface area contributed by atoms with Crippen LogP contribution in [0.2, 0.25) is 5.02 Å². The average Bonchev–Trinajstić information content (AvgIpc) is 2.52. The van der Waals surface area contributed by atoms with Gasteiger partial charge in [0.15, 0.2) is 0 Å².